The summed E-state index contributed by atoms with van der Waals surface area (Å²) in [4.78, 5) is 30.5. The Labute approximate surface area is 200 Å². The molecule has 3 aromatic heterocycles. The molecule has 1 aliphatic heterocycles. The number of rotatable bonds is 7. The van der Waals surface area contributed by atoms with E-state index >= 15 is 0 Å². The van der Waals surface area contributed by atoms with E-state index in [1.807, 2.05) is 6.07 Å². The lowest BCUT2D eigenvalue weighted by Gasteiger charge is -2.27. The number of morpholine rings is 1. The van der Waals surface area contributed by atoms with Crippen LogP contribution in [0.4, 0.5) is 20.3 Å². The maximum Gasteiger partial charge on any atom is 0.284 e. The van der Waals surface area contributed by atoms with Crippen molar-refractivity contribution >= 4 is 29.3 Å². The molecule has 35 heavy (non-hydrogen) atoms. The van der Waals surface area contributed by atoms with E-state index in [2.05, 4.69) is 25.4 Å². The molecule has 0 spiro atoms. The van der Waals surface area contributed by atoms with Crippen molar-refractivity contribution in [3.63, 3.8) is 0 Å². The monoisotopic (exact) mass is 487 g/mol. The molecule has 12 heteroatoms. The van der Waals surface area contributed by atoms with Gasteiger partial charge in [-0.25, -0.2) is 18.3 Å². The second-order valence-electron chi connectivity index (χ2n) is 8.95. The molecule has 0 unspecified atom stereocenters. The molecular weight excluding hydrogens is 460 g/mol. The smallest absolute Gasteiger partial charge is 0.284 e. The number of aromatic nitrogens is 5. The molecule has 1 saturated carbocycles. The number of amides is 1. The van der Waals surface area contributed by atoms with Crippen LogP contribution in [-0.4, -0.2) is 62.9 Å². The Balaban J connectivity index is 1.36. The van der Waals surface area contributed by atoms with Gasteiger partial charge >= 0.3 is 0 Å². The van der Waals surface area contributed by atoms with Crippen LogP contribution in [0.25, 0.3) is 5.65 Å². The zero-order valence-electron chi connectivity index (χ0n) is 19.1. The van der Waals surface area contributed by atoms with E-state index in [1.54, 1.807) is 6.20 Å². The van der Waals surface area contributed by atoms with Crippen molar-refractivity contribution in [3.8, 4) is 0 Å². The fourth-order valence-corrected chi connectivity index (χ4v) is 4.81. The summed E-state index contributed by atoms with van der Waals surface area (Å²) < 4.78 is 35.9. The van der Waals surface area contributed by atoms with Crippen LogP contribution in [0.2, 0.25) is 0 Å². The molecule has 0 aromatic carbocycles. The van der Waals surface area contributed by atoms with E-state index in [0.29, 0.717) is 50.1 Å². The molecule has 1 N–H and O–H groups in total. The first-order valence-electron chi connectivity index (χ1n) is 11.8. The van der Waals surface area contributed by atoms with Crippen LogP contribution in [0, 0.1) is 5.92 Å². The van der Waals surface area contributed by atoms with Gasteiger partial charge in [0.2, 0.25) is 0 Å². The minimum absolute atomic E-state index is 0.0244. The summed E-state index contributed by atoms with van der Waals surface area (Å²) in [5, 5.41) is 10.9. The molecule has 0 radical (unpaired) electrons. The second-order valence-corrected chi connectivity index (χ2v) is 8.95. The Morgan fingerprint density at radius 1 is 1.23 bits per heavy atom. The molecule has 2 aliphatic rings. The number of alkyl halides is 2. The van der Waals surface area contributed by atoms with Gasteiger partial charge in [-0.05, 0) is 37.7 Å². The Morgan fingerprint density at radius 2 is 2.00 bits per heavy atom. The number of nitrogens with one attached hydrogen (secondary N) is 1. The molecule has 10 nitrogen and oxygen atoms in total. The highest BCUT2D eigenvalue weighted by Gasteiger charge is 2.27. The first-order chi connectivity index (χ1) is 17.0. The fourth-order valence-electron chi connectivity index (χ4n) is 4.81. The number of aldehydes is 1. The fraction of sp³-hybridized carbons (Fsp3) is 0.522. The second kappa shape index (κ2) is 10.1. The number of carbonyl (C=O) groups excluding carboxylic acids is 2. The predicted molar refractivity (Wildman–Crippen MR) is 123 cm³/mol. The van der Waals surface area contributed by atoms with Gasteiger partial charge in [-0.3, -0.25) is 9.48 Å². The summed E-state index contributed by atoms with van der Waals surface area (Å²) >= 11 is 0. The van der Waals surface area contributed by atoms with Gasteiger partial charge in [0.1, 0.15) is 17.7 Å². The Hall–Kier alpha value is -3.41. The highest BCUT2D eigenvalue weighted by molar-refractivity contribution is 6.08. The highest BCUT2D eigenvalue weighted by atomic mass is 19.3. The molecule has 1 amide bonds. The molecule has 4 heterocycles. The summed E-state index contributed by atoms with van der Waals surface area (Å²) in [7, 11) is 0. The van der Waals surface area contributed by atoms with Crippen LogP contribution in [-0.2, 0) is 9.53 Å². The topological polar surface area (TPSA) is 107 Å². The van der Waals surface area contributed by atoms with Crippen molar-refractivity contribution < 1.29 is 23.1 Å². The van der Waals surface area contributed by atoms with Crippen molar-refractivity contribution in [1.82, 2.24) is 24.4 Å². The van der Waals surface area contributed by atoms with E-state index < -0.39 is 18.0 Å². The van der Waals surface area contributed by atoms with E-state index in [9.17, 15) is 18.4 Å². The van der Waals surface area contributed by atoms with Crippen LogP contribution in [0.15, 0.2) is 24.7 Å². The third-order valence-corrected chi connectivity index (χ3v) is 6.77. The number of carbonyl (C=O) groups is 2. The maximum atomic E-state index is 13.8. The maximum absolute atomic E-state index is 13.8. The average Bonchev–Trinajstić information content (AvgIpc) is 3.49. The molecule has 5 rings (SSSR count). The van der Waals surface area contributed by atoms with Gasteiger partial charge in [-0.15, -0.1) is 0 Å². The number of anilines is 2. The Kier molecular flexibility index (Phi) is 6.71. The van der Waals surface area contributed by atoms with E-state index in [1.165, 1.54) is 21.6 Å². The quantitative estimate of drug-likeness (QED) is 0.510. The molecule has 1 aliphatic carbocycles. The van der Waals surface area contributed by atoms with Crippen LogP contribution < -0.4 is 10.2 Å². The van der Waals surface area contributed by atoms with Crippen LogP contribution in [0.1, 0.15) is 60.6 Å². The average molecular weight is 488 g/mol. The lowest BCUT2D eigenvalue weighted by atomic mass is 9.84. The van der Waals surface area contributed by atoms with Gasteiger partial charge in [-0.2, -0.15) is 10.2 Å². The highest BCUT2D eigenvalue weighted by Crippen LogP contribution is 2.35. The molecular formula is C23H27F2N7O3. The zero-order chi connectivity index (χ0) is 24.4. The molecule has 0 atom stereocenters. The third-order valence-electron chi connectivity index (χ3n) is 6.77. The summed E-state index contributed by atoms with van der Waals surface area (Å²) in [6, 6.07) is 1.77. The van der Waals surface area contributed by atoms with Gasteiger partial charge in [-0.1, -0.05) is 0 Å². The standard InChI is InChI=1S/C23H27F2N7O3/c24-21(25)20-18(14-32(29-20)16-3-1-15(2-4-16)6-10-33)27-23(34)17-13-26-31-7-5-19(28-22(17)31)30-8-11-35-12-9-30/h5,7,10,13-16,21H,1-4,6,8-9,11-12H2,(H,27,34). The first-order valence-corrected chi connectivity index (χ1v) is 11.8. The van der Waals surface area contributed by atoms with Crippen LogP contribution in [0.3, 0.4) is 0 Å². The van der Waals surface area contributed by atoms with E-state index in [0.717, 1.165) is 32.0 Å². The molecule has 2 fully saturated rings. The lowest BCUT2D eigenvalue weighted by Crippen LogP contribution is -2.36. The van der Waals surface area contributed by atoms with Crippen molar-refractivity contribution in [2.24, 2.45) is 5.92 Å². The Morgan fingerprint density at radius 3 is 2.71 bits per heavy atom. The summed E-state index contributed by atoms with van der Waals surface area (Å²) in [5.41, 5.74) is 0.0314. The molecule has 186 valence electrons. The number of fused-ring (bicyclic) bond motifs is 1. The summed E-state index contributed by atoms with van der Waals surface area (Å²) in [6.45, 7) is 2.57. The van der Waals surface area contributed by atoms with Gasteiger partial charge in [0.15, 0.2) is 11.3 Å². The van der Waals surface area contributed by atoms with Crippen molar-refractivity contribution in [2.45, 2.75) is 44.6 Å². The largest absolute Gasteiger partial charge is 0.378 e. The number of hydrogen-bond donors (Lipinski definition) is 1. The third kappa shape index (κ3) is 4.88. The number of halogens is 2. The van der Waals surface area contributed by atoms with E-state index in [4.69, 9.17) is 4.74 Å². The first kappa shape index (κ1) is 23.3. The summed E-state index contributed by atoms with van der Waals surface area (Å²) in [5.74, 6) is 0.447. The zero-order valence-corrected chi connectivity index (χ0v) is 19.1. The normalized spacial score (nSPS) is 20.9. The number of hydrogen-bond acceptors (Lipinski definition) is 7. The van der Waals surface area contributed by atoms with Crippen molar-refractivity contribution in [2.75, 3.05) is 36.5 Å². The lowest BCUT2D eigenvalue weighted by molar-refractivity contribution is -0.108. The number of ether oxygens (including phenoxy) is 1. The minimum atomic E-state index is -2.84. The molecule has 1 saturated heterocycles. The molecule has 0 bridgehead atoms. The van der Waals surface area contributed by atoms with Crippen LogP contribution in [0.5, 0.6) is 0 Å². The predicted octanol–water partition coefficient (Wildman–Crippen LogP) is 3.27. The van der Waals surface area contributed by atoms with Gasteiger partial charge < -0.3 is 19.7 Å². The minimum Gasteiger partial charge on any atom is -0.378 e. The van der Waals surface area contributed by atoms with Crippen molar-refractivity contribution in [3.05, 3.63) is 35.9 Å². The van der Waals surface area contributed by atoms with Gasteiger partial charge in [0.25, 0.3) is 12.3 Å². The van der Waals surface area contributed by atoms with Gasteiger partial charge in [0, 0.05) is 31.9 Å². The SMILES string of the molecule is O=CCC1CCC(n2cc(NC(=O)c3cnn4ccc(N5CCOCC5)nc34)c(C(F)F)n2)CC1. The van der Waals surface area contributed by atoms with Crippen LogP contribution >= 0.6 is 0 Å². The molecule has 3 aromatic rings. The Bertz CT molecular complexity index is 1200. The summed E-state index contributed by atoms with van der Waals surface area (Å²) in [6.07, 6.45) is 6.36. The van der Waals surface area contributed by atoms with Crippen molar-refractivity contribution in [1.29, 1.82) is 0 Å². The van der Waals surface area contributed by atoms with Gasteiger partial charge in [0.05, 0.1) is 31.1 Å². The number of nitrogens with zero attached hydrogens (tertiary/aromatic N) is 6. The van der Waals surface area contributed by atoms with E-state index in [-0.39, 0.29) is 17.3 Å².